The molecule has 2 heterocycles. The van der Waals surface area contributed by atoms with E-state index in [-0.39, 0.29) is 11.8 Å². The van der Waals surface area contributed by atoms with Gasteiger partial charge in [-0.1, -0.05) is 11.6 Å². The Balaban J connectivity index is 1.55. The number of nitrogens with one attached hydrogen (secondary N) is 1. The van der Waals surface area contributed by atoms with E-state index in [1.807, 2.05) is 31.2 Å². The Hall–Kier alpha value is -2.90. The highest BCUT2D eigenvalue weighted by atomic mass is 35.5. The first-order valence-electron chi connectivity index (χ1n) is 9.49. The first kappa shape index (κ1) is 20.4. The molecule has 1 fully saturated rings. The lowest BCUT2D eigenvalue weighted by atomic mass is 10.1. The number of hydrogen-bond donors (Lipinski definition) is 1. The molecule has 2 aromatic carbocycles. The lowest BCUT2D eigenvalue weighted by molar-refractivity contribution is -0.117. The lowest BCUT2D eigenvalue weighted by Gasteiger charge is -2.18. The molecule has 1 aliphatic heterocycles. The molecule has 0 saturated carbocycles. The van der Waals surface area contributed by atoms with Crippen molar-refractivity contribution in [2.75, 3.05) is 23.9 Å². The molecular formula is C22H20ClN3O3S. The van der Waals surface area contributed by atoms with Gasteiger partial charge in [-0.25, -0.2) is 4.98 Å². The molecule has 1 N–H and O–H groups in total. The number of methoxy groups -OCH3 is 1. The Morgan fingerprint density at radius 2 is 2.00 bits per heavy atom. The number of halogens is 1. The topological polar surface area (TPSA) is 71.5 Å². The zero-order chi connectivity index (χ0) is 21.3. The third-order valence-corrected chi connectivity index (χ3v) is 6.16. The van der Waals surface area contributed by atoms with E-state index in [9.17, 15) is 9.59 Å². The highest BCUT2D eigenvalue weighted by molar-refractivity contribution is 7.16. The maximum absolute atomic E-state index is 12.8. The molecule has 0 radical (unpaired) electrons. The molecule has 1 saturated heterocycles. The van der Waals surface area contributed by atoms with E-state index < -0.39 is 0 Å². The quantitative estimate of drug-likeness (QED) is 0.593. The molecule has 6 nitrogen and oxygen atoms in total. The van der Waals surface area contributed by atoms with Gasteiger partial charge in [-0.3, -0.25) is 14.9 Å². The summed E-state index contributed by atoms with van der Waals surface area (Å²) >= 11 is 7.69. The van der Waals surface area contributed by atoms with Gasteiger partial charge in [0, 0.05) is 29.0 Å². The molecule has 0 aliphatic carbocycles. The minimum atomic E-state index is -0.297. The van der Waals surface area contributed by atoms with E-state index in [0.29, 0.717) is 34.4 Å². The zero-order valence-corrected chi connectivity index (χ0v) is 18.1. The third kappa shape index (κ3) is 4.04. The van der Waals surface area contributed by atoms with Crippen molar-refractivity contribution in [3.63, 3.8) is 0 Å². The van der Waals surface area contributed by atoms with Crippen molar-refractivity contribution in [2.24, 2.45) is 0 Å². The number of hydrogen-bond acceptors (Lipinski definition) is 5. The first-order chi connectivity index (χ1) is 14.5. The fourth-order valence-corrected chi connectivity index (χ4v) is 4.45. The van der Waals surface area contributed by atoms with Crippen LogP contribution in [-0.4, -0.2) is 30.5 Å². The standard InChI is InChI=1S/C22H20ClN3O3S/c1-13-20(14-5-8-16(29-2)9-6-14)24-22(30-13)25-21(28)15-7-10-17(23)18(12-15)26-11-3-4-19(26)27/h5-10,12H,3-4,11H2,1-2H3,(H,24,25,28). The molecule has 30 heavy (non-hydrogen) atoms. The van der Waals surface area contributed by atoms with Crippen LogP contribution < -0.4 is 15.0 Å². The molecule has 3 aromatic rings. The van der Waals surface area contributed by atoms with Crippen molar-refractivity contribution in [2.45, 2.75) is 19.8 Å². The summed E-state index contributed by atoms with van der Waals surface area (Å²) in [6, 6.07) is 12.6. The fraction of sp³-hybridized carbons (Fsp3) is 0.227. The van der Waals surface area contributed by atoms with Gasteiger partial charge in [0.15, 0.2) is 5.13 Å². The number of thiazole rings is 1. The van der Waals surface area contributed by atoms with Gasteiger partial charge in [0.05, 0.1) is 23.5 Å². The summed E-state index contributed by atoms with van der Waals surface area (Å²) in [5.74, 6) is 0.499. The van der Waals surface area contributed by atoms with E-state index in [0.717, 1.165) is 28.3 Å². The van der Waals surface area contributed by atoms with Crippen LogP contribution in [0.25, 0.3) is 11.3 Å². The largest absolute Gasteiger partial charge is 0.497 e. The van der Waals surface area contributed by atoms with Gasteiger partial charge in [0.2, 0.25) is 5.91 Å². The number of benzene rings is 2. The van der Waals surface area contributed by atoms with E-state index in [4.69, 9.17) is 16.3 Å². The summed E-state index contributed by atoms with van der Waals surface area (Å²) in [5.41, 5.74) is 2.76. The van der Waals surface area contributed by atoms with Gasteiger partial charge in [-0.15, -0.1) is 11.3 Å². The molecular weight excluding hydrogens is 422 g/mol. The van der Waals surface area contributed by atoms with Crippen molar-refractivity contribution >= 4 is 45.6 Å². The van der Waals surface area contributed by atoms with Crippen LogP contribution in [0.5, 0.6) is 5.75 Å². The minimum Gasteiger partial charge on any atom is -0.497 e. The number of amides is 2. The smallest absolute Gasteiger partial charge is 0.257 e. The Morgan fingerprint density at radius 3 is 2.67 bits per heavy atom. The van der Waals surface area contributed by atoms with E-state index in [2.05, 4.69) is 10.3 Å². The molecule has 0 atom stereocenters. The first-order valence-corrected chi connectivity index (χ1v) is 10.7. The van der Waals surface area contributed by atoms with Crippen LogP contribution in [0.3, 0.4) is 0 Å². The average molecular weight is 442 g/mol. The number of carbonyl (C=O) groups is 2. The van der Waals surface area contributed by atoms with E-state index in [1.54, 1.807) is 30.2 Å². The van der Waals surface area contributed by atoms with Crippen molar-refractivity contribution in [3.8, 4) is 17.0 Å². The predicted octanol–water partition coefficient (Wildman–Crippen LogP) is 5.16. The monoisotopic (exact) mass is 441 g/mol. The molecule has 0 spiro atoms. The van der Waals surface area contributed by atoms with Crippen LogP contribution in [0.4, 0.5) is 10.8 Å². The maximum atomic E-state index is 12.8. The molecule has 8 heteroatoms. The Labute approximate surface area is 183 Å². The summed E-state index contributed by atoms with van der Waals surface area (Å²) in [6.07, 6.45) is 1.29. The number of ether oxygens (including phenoxy) is 1. The average Bonchev–Trinajstić information content (AvgIpc) is 3.33. The second-order valence-corrected chi connectivity index (χ2v) is 8.53. The van der Waals surface area contributed by atoms with Crippen LogP contribution in [0.1, 0.15) is 28.1 Å². The SMILES string of the molecule is COc1ccc(-c2nc(NC(=O)c3ccc(Cl)c(N4CCCC4=O)c3)sc2C)cc1. The Bertz CT molecular complexity index is 1110. The summed E-state index contributed by atoms with van der Waals surface area (Å²) in [4.78, 5) is 32.1. The van der Waals surface area contributed by atoms with Crippen LogP contribution in [0.15, 0.2) is 42.5 Å². The van der Waals surface area contributed by atoms with E-state index in [1.165, 1.54) is 11.3 Å². The van der Waals surface area contributed by atoms with Gasteiger partial charge in [-0.05, 0) is 55.8 Å². The summed E-state index contributed by atoms with van der Waals surface area (Å²) in [7, 11) is 1.62. The van der Waals surface area contributed by atoms with E-state index >= 15 is 0 Å². The number of anilines is 2. The lowest BCUT2D eigenvalue weighted by Crippen LogP contribution is -2.24. The number of aromatic nitrogens is 1. The summed E-state index contributed by atoms with van der Waals surface area (Å²) in [5, 5.41) is 3.82. The van der Waals surface area contributed by atoms with Gasteiger partial charge in [-0.2, -0.15) is 0 Å². The highest BCUT2D eigenvalue weighted by Gasteiger charge is 2.24. The Morgan fingerprint density at radius 1 is 1.23 bits per heavy atom. The second-order valence-electron chi connectivity index (χ2n) is 6.92. The summed E-state index contributed by atoms with van der Waals surface area (Å²) < 4.78 is 5.19. The Kier molecular flexibility index (Phi) is 5.74. The molecule has 4 rings (SSSR count). The number of nitrogens with zero attached hydrogens (tertiary/aromatic N) is 2. The molecule has 0 unspecified atom stereocenters. The highest BCUT2D eigenvalue weighted by Crippen LogP contribution is 2.33. The molecule has 1 aliphatic rings. The molecule has 1 aromatic heterocycles. The van der Waals surface area contributed by atoms with Crippen LogP contribution in [0.2, 0.25) is 5.02 Å². The fourth-order valence-electron chi connectivity index (χ4n) is 3.40. The van der Waals surface area contributed by atoms with Gasteiger partial charge >= 0.3 is 0 Å². The second kappa shape index (κ2) is 8.45. The molecule has 154 valence electrons. The predicted molar refractivity (Wildman–Crippen MR) is 120 cm³/mol. The van der Waals surface area contributed by atoms with Gasteiger partial charge < -0.3 is 9.64 Å². The van der Waals surface area contributed by atoms with Crippen molar-refractivity contribution < 1.29 is 14.3 Å². The van der Waals surface area contributed by atoms with Crippen molar-refractivity contribution in [3.05, 3.63) is 57.9 Å². The van der Waals surface area contributed by atoms with Gasteiger partial charge in [0.1, 0.15) is 5.75 Å². The number of rotatable bonds is 5. The third-order valence-electron chi connectivity index (χ3n) is 4.95. The molecule has 0 bridgehead atoms. The van der Waals surface area contributed by atoms with Crippen LogP contribution in [0, 0.1) is 6.92 Å². The van der Waals surface area contributed by atoms with Crippen LogP contribution >= 0.6 is 22.9 Å². The van der Waals surface area contributed by atoms with Crippen molar-refractivity contribution in [1.29, 1.82) is 0 Å². The minimum absolute atomic E-state index is 0.0224. The number of aryl methyl sites for hydroxylation is 1. The normalized spacial score (nSPS) is 13.6. The zero-order valence-electron chi connectivity index (χ0n) is 16.6. The molecule has 2 amide bonds. The van der Waals surface area contributed by atoms with Gasteiger partial charge in [0.25, 0.3) is 5.91 Å². The number of carbonyl (C=O) groups excluding carboxylic acids is 2. The van der Waals surface area contributed by atoms with Crippen LogP contribution in [-0.2, 0) is 4.79 Å². The van der Waals surface area contributed by atoms with Crippen molar-refractivity contribution in [1.82, 2.24) is 4.98 Å². The maximum Gasteiger partial charge on any atom is 0.257 e. The summed E-state index contributed by atoms with van der Waals surface area (Å²) in [6.45, 7) is 2.58.